The van der Waals surface area contributed by atoms with E-state index in [1.54, 1.807) is 18.3 Å². The third-order valence-corrected chi connectivity index (χ3v) is 5.34. The molecule has 1 unspecified atom stereocenters. The first-order valence-electron chi connectivity index (χ1n) is 6.84. The monoisotopic (exact) mass is 338 g/mol. The molecule has 1 N–H and O–H groups in total. The summed E-state index contributed by atoms with van der Waals surface area (Å²) in [5, 5.41) is 5.53. The molecule has 0 aliphatic rings. The fourth-order valence-electron chi connectivity index (χ4n) is 1.94. The first-order chi connectivity index (χ1) is 10.4. The lowest BCUT2D eigenvalue weighted by molar-refractivity contribution is -0.144. The van der Waals surface area contributed by atoms with Gasteiger partial charge in [-0.15, -0.1) is 22.7 Å². The first kappa shape index (κ1) is 16.6. The summed E-state index contributed by atoms with van der Waals surface area (Å²) in [6.07, 6.45) is 0. The van der Waals surface area contributed by atoms with Crippen LogP contribution in [0.3, 0.4) is 0 Å². The first-order valence-corrected chi connectivity index (χ1v) is 8.53. The van der Waals surface area contributed by atoms with Gasteiger partial charge in [-0.1, -0.05) is 19.9 Å². The predicted octanol–water partition coefficient (Wildman–Crippen LogP) is 3.11. The van der Waals surface area contributed by atoms with Gasteiger partial charge in [0.25, 0.3) is 5.91 Å². The maximum atomic E-state index is 12.4. The highest BCUT2D eigenvalue weighted by molar-refractivity contribution is 7.22. The SMILES string of the molecule is COC(=O)C(NC(=O)c1sc(-c2cccs2)nc1C)C(C)C. The Kier molecular flexibility index (Phi) is 5.31. The average Bonchev–Trinajstić information content (AvgIpc) is 3.12. The molecule has 1 amide bonds. The van der Waals surface area contributed by atoms with Crippen molar-refractivity contribution in [1.82, 2.24) is 10.3 Å². The van der Waals surface area contributed by atoms with Crippen LogP contribution in [0.25, 0.3) is 9.88 Å². The van der Waals surface area contributed by atoms with E-state index < -0.39 is 12.0 Å². The van der Waals surface area contributed by atoms with Gasteiger partial charge in [-0.05, 0) is 24.3 Å². The van der Waals surface area contributed by atoms with E-state index in [9.17, 15) is 9.59 Å². The molecule has 0 aliphatic carbocycles. The van der Waals surface area contributed by atoms with Gasteiger partial charge in [0.1, 0.15) is 15.9 Å². The topological polar surface area (TPSA) is 68.3 Å². The minimum Gasteiger partial charge on any atom is -0.467 e. The third kappa shape index (κ3) is 3.53. The minimum atomic E-state index is -0.663. The Balaban J connectivity index is 2.21. The molecule has 1 atom stereocenters. The number of aromatic nitrogens is 1. The van der Waals surface area contributed by atoms with E-state index in [1.807, 2.05) is 31.4 Å². The number of carbonyl (C=O) groups excluding carboxylic acids is 2. The molecule has 0 bridgehead atoms. The number of nitrogens with one attached hydrogen (secondary N) is 1. The van der Waals surface area contributed by atoms with Crippen LogP contribution in [0.5, 0.6) is 0 Å². The van der Waals surface area contributed by atoms with E-state index in [4.69, 9.17) is 4.74 Å². The lowest BCUT2D eigenvalue weighted by Crippen LogP contribution is -2.44. The standard InChI is InChI=1S/C15H18N2O3S2/c1-8(2)11(15(19)20-4)17-13(18)12-9(3)16-14(22-12)10-6-5-7-21-10/h5-8,11H,1-4H3,(H,17,18). The van der Waals surface area contributed by atoms with Crippen LogP contribution in [0, 0.1) is 12.8 Å². The Morgan fingerprint density at radius 1 is 1.36 bits per heavy atom. The summed E-state index contributed by atoms with van der Waals surface area (Å²) in [6, 6.07) is 3.25. The van der Waals surface area contributed by atoms with Crippen molar-refractivity contribution in [3.8, 4) is 9.88 Å². The van der Waals surface area contributed by atoms with Gasteiger partial charge < -0.3 is 10.1 Å². The smallest absolute Gasteiger partial charge is 0.328 e. The van der Waals surface area contributed by atoms with Crippen LogP contribution in [0.2, 0.25) is 0 Å². The summed E-state index contributed by atoms with van der Waals surface area (Å²) >= 11 is 2.91. The Bertz CT molecular complexity index is 662. The maximum Gasteiger partial charge on any atom is 0.328 e. The number of ether oxygens (including phenoxy) is 1. The molecule has 0 radical (unpaired) electrons. The van der Waals surface area contributed by atoms with Crippen LogP contribution in [-0.2, 0) is 9.53 Å². The average molecular weight is 338 g/mol. The molecule has 0 spiro atoms. The van der Waals surface area contributed by atoms with Crippen molar-refractivity contribution in [2.75, 3.05) is 7.11 Å². The van der Waals surface area contributed by atoms with E-state index in [1.165, 1.54) is 18.4 Å². The Morgan fingerprint density at radius 2 is 2.09 bits per heavy atom. The van der Waals surface area contributed by atoms with Gasteiger partial charge in [-0.2, -0.15) is 0 Å². The molecule has 0 saturated carbocycles. The van der Waals surface area contributed by atoms with Crippen LogP contribution in [0.15, 0.2) is 17.5 Å². The summed E-state index contributed by atoms with van der Waals surface area (Å²) < 4.78 is 4.74. The van der Waals surface area contributed by atoms with Gasteiger partial charge in [0.15, 0.2) is 0 Å². The molecule has 0 aliphatic heterocycles. The summed E-state index contributed by atoms with van der Waals surface area (Å²) in [5.74, 6) is -0.785. The second kappa shape index (κ2) is 7.02. The third-order valence-electron chi connectivity index (χ3n) is 3.14. The van der Waals surface area contributed by atoms with Crippen molar-refractivity contribution < 1.29 is 14.3 Å². The number of carbonyl (C=O) groups is 2. The molecule has 2 heterocycles. The number of rotatable bonds is 5. The van der Waals surface area contributed by atoms with Crippen LogP contribution < -0.4 is 5.32 Å². The zero-order valence-corrected chi connectivity index (χ0v) is 14.5. The number of thiazole rings is 1. The lowest BCUT2D eigenvalue weighted by Gasteiger charge is -2.19. The number of nitrogens with zero attached hydrogens (tertiary/aromatic N) is 1. The number of aryl methyl sites for hydroxylation is 1. The number of esters is 1. The second-order valence-electron chi connectivity index (χ2n) is 5.13. The summed E-state index contributed by atoms with van der Waals surface area (Å²) in [6.45, 7) is 5.52. The van der Waals surface area contributed by atoms with E-state index in [0.29, 0.717) is 10.6 Å². The van der Waals surface area contributed by atoms with Crippen LogP contribution >= 0.6 is 22.7 Å². The normalized spacial score (nSPS) is 12.2. The molecule has 0 aromatic carbocycles. The van der Waals surface area contributed by atoms with Gasteiger partial charge in [-0.3, -0.25) is 4.79 Å². The van der Waals surface area contributed by atoms with Crippen molar-refractivity contribution in [1.29, 1.82) is 0 Å². The number of hydrogen-bond donors (Lipinski definition) is 1. The number of methoxy groups -OCH3 is 1. The zero-order chi connectivity index (χ0) is 16.3. The number of hydrogen-bond acceptors (Lipinski definition) is 6. The van der Waals surface area contributed by atoms with Crippen molar-refractivity contribution >= 4 is 34.6 Å². The highest BCUT2D eigenvalue weighted by Crippen LogP contribution is 2.31. The summed E-state index contributed by atoms with van der Waals surface area (Å²) in [4.78, 5) is 30.2. The molecule has 5 nitrogen and oxygen atoms in total. The number of thiophene rings is 1. The molecule has 7 heteroatoms. The Labute approximate surface area is 137 Å². The highest BCUT2D eigenvalue weighted by Gasteiger charge is 2.27. The van der Waals surface area contributed by atoms with Gasteiger partial charge in [-0.25, -0.2) is 9.78 Å². The second-order valence-corrected chi connectivity index (χ2v) is 7.08. The molecule has 2 aromatic heterocycles. The van der Waals surface area contributed by atoms with Gasteiger partial charge in [0.2, 0.25) is 0 Å². The highest BCUT2D eigenvalue weighted by atomic mass is 32.1. The van der Waals surface area contributed by atoms with Crippen LogP contribution in [0.1, 0.15) is 29.2 Å². The minimum absolute atomic E-state index is 0.0543. The van der Waals surface area contributed by atoms with E-state index in [-0.39, 0.29) is 11.8 Å². The van der Waals surface area contributed by atoms with E-state index in [0.717, 1.165) is 9.88 Å². The molecule has 0 saturated heterocycles. The molecular formula is C15H18N2O3S2. The van der Waals surface area contributed by atoms with E-state index >= 15 is 0 Å². The molecular weight excluding hydrogens is 320 g/mol. The molecule has 118 valence electrons. The Morgan fingerprint density at radius 3 is 2.64 bits per heavy atom. The van der Waals surface area contributed by atoms with Crippen molar-refractivity contribution in [3.05, 3.63) is 28.1 Å². The predicted molar refractivity (Wildman–Crippen MR) is 88.3 cm³/mol. The maximum absolute atomic E-state index is 12.4. The molecule has 0 fully saturated rings. The summed E-state index contributed by atoms with van der Waals surface area (Å²) in [5.41, 5.74) is 0.665. The fourth-order valence-corrected chi connectivity index (χ4v) is 3.71. The molecule has 2 aromatic rings. The lowest BCUT2D eigenvalue weighted by atomic mass is 10.0. The van der Waals surface area contributed by atoms with Gasteiger partial charge in [0.05, 0.1) is 17.7 Å². The van der Waals surface area contributed by atoms with Crippen molar-refractivity contribution in [3.63, 3.8) is 0 Å². The van der Waals surface area contributed by atoms with E-state index in [2.05, 4.69) is 10.3 Å². The van der Waals surface area contributed by atoms with Crippen molar-refractivity contribution in [2.45, 2.75) is 26.8 Å². The summed E-state index contributed by atoms with van der Waals surface area (Å²) in [7, 11) is 1.32. The molecule has 2 rings (SSSR count). The quantitative estimate of drug-likeness (QED) is 0.851. The van der Waals surface area contributed by atoms with Gasteiger partial charge >= 0.3 is 5.97 Å². The zero-order valence-electron chi connectivity index (χ0n) is 12.9. The van der Waals surface area contributed by atoms with Crippen LogP contribution in [0.4, 0.5) is 0 Å². The number of amides is 1. The van der Waals surface area contributed by atoms with Crippen molar-refractivity contribution in [2.24, 2.45) is 5.92 Å². The molecule has 22 heavy (non-hydrogen) atoms. The largest absolute Gasteiger partial charge is 0.467 e. The van der Waals surface area contributed by atoms with Crippen LogP contribution in [-0.4, -0.2) is 30.0 Å². The fraction of sp³-hybridized carbons (Fsp3) is 0.400. The Hall–Kier alpha value is -1.73. The van der Waals surface area contributed by atoms with Gasteiger partial charge in [0, 0.05) is 0 Å².